The highest BCUT2D eigenvalue weighted by Crippen LogP contribution is 2.32. The molecule has 0 saturated heterocycles. The molecule has 0 aromatic heterocycles. The first-order valence-electron chi connectivity index (χ1n) is 11.2. The molecule has 0 aliphatic rings. The second-order valence-electron chi connectivity index (χ2n) is 9.23. The van der Waals surface area contributed by atoms with Crippen molar-refractivity contribution in [2.75, 3.05) is 13.2 Å². The summed E-state index contributed by atoms with van der Waals surface area (Å²) in [5.41, 5.74) is -0.223. The van der Waals surface area contributed by atoms with Gasteiger partial charge in [0, 0.05) is 17.0 Å². The van der Waals surface area contributed by atoms with Gasteiger partial charge in [-0.2, -0.15) is 0 Å². The number of carboxylic acids is 1. The van der Waals surface area contributed by atoms with Crippen molar-refractivity contribution in [3.8, 4) is 17.2 Å². The lowest BCUT2D eigenvalue weighted by Gasteiger charge is -2.33. The van der Waals surface area contributed by atoms with Gasteiger partial charge in [0.15, 0.2) is 5.60 Å². The Balaban J connectivity index is 1.59. The monoisotopic (exact) mass is 481 g/mol. The molecular formula is C28H30ClO5-. The molecule has 0 aliphatic heterocycles. The van der Waals surface area contributed by atoms with Crippen molar-refractivity contribution in [2.24, 2.45) is 0 Å². The Morgan fingerprint density at radius 3 is 1.88 bits per heavy atom. The van der Waals surface area contributed by atoms with Gasteiger partial charge in [-0.3, -0.25) is 0 Å². The van der Waals surface area contributed by atoms with Gasteiger partial charge in [0.2, 0.25) is 0 Å². The van der Waals surface area contributed by atoms with Crippen LogP contribution in [0, 0.1) is 0 Å². The maximum absolute atomic E-state index is 12.1. The molecule has 0 radical (unpaired) electrons. The van der Waals surface area contributed by atoms with Gasteiger partial charge in [-0.25, -0.2) is 0 Å². The SMILES string of the molecule is CC(C)(C)c1cccc(OC(C)(C(=O)[O-])c2ccc(OCCCOc3ccc(Cl)cc3)cc2)c1. The number of hydrogen-bond acceptors (Lipinski definition) is 5. The number of carbonyl (C=O) groups excluding carboxylic acids is 1. The van der Waals surface area contributed by atoms with Crippen molar-refractivity contribution in [3.63, 3.8) is 0 Å². The summed E-state index contributed by atoms with van der Waals surface area (Å²) in [6.45, 7) is 8.73. The van der Waals surface area contributed by atoms with E-state index >= 15 is 0 Å². The lowest BCUT2D eigenvalue weighted by Crippen LogP contribution is -2.48. The van der Waals surface area contributed by atoms with Crippen LogP contribution in [0.4, 0.5) is 0 Å². The Bertz CT molecular complexity index is 1090. The Morgan fingerprint density at radius 1 is 0.794 bits per heavy atom. The molecule has 3 aromatic rings. The fourth-order valence-electron chi connectivity index (χ4n) is 3.32. The highest BCUT2D eigenvalue weighted by atomic mass is 35.5. The van der Waals surface area contributed by atoms with Crippen LogP contribution in [0.2, 0.25) is 5.02 Å². The Hall–Kier alpha value is -3.18. The van der Waals surface area contributed by atoms with Gasteiger partial charge in [0.1, 0.15) is 17.2 Å². The number of carbonyl (C=O) groups is 1. The minimum atomic E-state index is -1.65. The molecule has 3 rings (SSSR count). The lowest BCUT2D eigenvalue weighted by molar-refractivity contribution is -0.322. The van der Waals surface area contributed by atoms with Crippen LogP contribution in [0.25, 0.3) is 0 Å². The summed E-state index contributed by atoms with van der Waals surface area (Å²) in [7, 11) is 0. The van der Waals surface area contributed by atoms with E-state index in [4.69, 9.17) is 25.8 Å². The minimum absolute atomic E-state index is 0.0872. The third kappa shape index (κ3) is 6.67. The number of aliphatic carboxylic acids is 1. The molecule has 5 nitrogen and oxygen atoms in total. The van der Waals surface area contributed by atoms with E-state index in [1.807, 2.05) is 30.3 Å². The summed E-state index contributed by atoms with van der Waals surface area (Å²) >= 11 is 5.86. The first-order chi connectivity index (χ1) is 16.1. The van der Waals surface area contributed by atoms with Crippen LogP contribution in [0.15, 0.2) is 72.8 Å². The smallest absolute Gasteiger partial charge is 0.170 e. The van der Waals surface area contributed by atoms with Gasteiger partial charge < -0.3 is 24.1 Å². The standard InChI is InChI=1S/C28H31ClO5/c1-27(2,3)21-7-5-8-25(19-21)34-28(4,26(30)31)20-9-13-23(14-10-20)32-17-6-18-33-24-15-11-22(29)12-16-24/h5,7-16,19H,6,17-18H2,1-4H3,(H,30,31)/p-1. The third-order valence-electron chi connectivity index (χ3n) is 5.46. The van der Waals surface area contributed by atoms with Gasteiger partial charge >= 0.3 is 0 Å². The van der Waals surface area contributed by atoms with E-state index in [0.717, 1.165) is 11.3 Å². The second-order valence-corrected chi connectivity index (χ2v) is 9.67. The van der Waals surface area contributed by atoms with E-state index < -0.39 is 11.6 Å². The first kappa shape index (κ1) is 25.4. The lowest BCUT2D eigenvalue weighted by atomic mass is 9.87. The average molecular weight is 482 g/mol. The van der Waals surface area contributed by atoms with Crippen LogP contribution in [-0.4, -0.2) is 19.2 Å². The molecule has 1 atom stereocenters. The van der Waals surface area contributed by atoms with Crippen molar-refractivity contribution in [3.05, 3.63) is 88.9 Å². The molecule has 0 amide bonds. The maximum Gasteiger partial charge on any atom is 0.170 e. The van der Waals surface area contributed by atoms with Crippen LogP contribution in [0.5, 0.6) is 17.2 Å². The largest absolute Gasteiger partial charge is 0.545 e. The fourth-order valence-corrected chi connectivity index (χ4v) is 3.45. The van der Waals surface area contributed by atoms with E-state index in [-0.39, 0.29) is 5.41 Å². The molecule has 0 bridgehead atoms. The number of rotatable bonds is 10. The number of benzene rings is 3. The summed E-state index contributed by atoms with van der Waals surface area (Å²) in [4.78, 5) is 12.1. The van der Waals surface area contributed by atoms with Crippen molar-refractivity contribution in [1.29, 1.82) is 0 Å². The second kappa shape index (κ2) is 10.8. The van der Waals surface area contributed by atoms with Crippen LogP contribution in [-0.2, 0) is 15.8 Å². The molecule has 34 heavy (non-hydrogen) atoms. The molecule has 6 heteroatoms. The molecule has 3 aromatic carbocycles. The first-order valence-corrected chi connectivity index (χ1v) is 11.6. The molecule has 0 N–H and O–H groups in total. The number of ether oxygens (including phenoxy) is 3. The number of hydrogen-bond donors (Lipinski definition) is 0. The fraction of sp³-hybridized carbons (Fsp3) is 0.321. The average Bonchev–Trinajstić information content (AvgIpc) is 2.80. The maximum atomic E-state index is 12.1. The summed E-state index contributed by atoms with van der Waals surface area (Å²) in [5.74, 6) is 0.538. The van der Waals surface area contributed by atoms with E-state index in [1.54, 1.807) is 42.5 Å². The van der Waals surface area contributed by atoms with E-state index in [0.29, 0.717) is 41.7 Å². The zero-order valence-electron chi connectivity index (χ0n) is 20.0. The summed E-state index contributed by atoms with van der Waals surface area (Å²) in [5, 5.41) is 12.7. The van der Waals surface area contributed by atoms with Crippen LogP contribution < -0.4 is 19.3 Å². The molecule has 1 unspecified atom stereocenters. The Labute approximate surface area is 206 Å². The van der Waals surface area contributed by atoms with Gasteiger partial charge in [-0.05, 0) is 66.4 Å². The molecule has 0 fully saturated rings. The van der Waals surface area contributed by atoms with Gasteiger partial charge in [-0.15, -0.1) is 0 Å². The zero-order valence-corrected chi connectivity index (χ0v) is 20.7. The predicted molar refractivity (Wildman–Crippen MR) is 132 cm³/mol. The van der Waals surface area contributed by atoms with Crippen LogP contribution in [0.1, 0.15) is 45.2 Å². The van der Waals surface area contributed by atoms with Gasteiger partial charge in [0.25, 0.3) is 0 Å². The topological polar surface area (TPSA) is 67.8 Å². The van der Waals surface area contributed by atoms with Crippen molar-refractivity contribution < 1.29 is 24.1 Å². The van der Waals surface area contributed by atoms with Crippen molar-refractivity contribution in [2.45, 2.75) is 45.1 Å². The molecule has 180 valence electrons. The van der Waals surface area contributed by atoms with E-state index in [9.17, 15) is 9.90 Å². The summed E-state index contributed by atoms with van der Waals surface area (Å²) < 4.78 is 17.4. The van der Waals surface area contributed by atoms with E-state index in [1.165, 1.54) is 6.92 Å². The highest BCUT2D eigenvalue weighted by Gasteiger charge is 2.31. The normalized spacial score (nSPS) is 13.1. The predicted octanol–water partition coefficient (Wildman–Crippen LogP) is 5.53. The quantitative estimate of drug-likeness (QED) is 0.356. The molecule has 0 heterocycles. The minimum Gasteiger partial charge on any atom is -0.545 e. The van der Waals surface area contributed by atoms with E-state index in [2.05, 4.69) is 20.8 Å². The van der Waals surface area contributed by atoms with Gasteiger partial charge in [-0.1, -0.05) is 56.6 Å². The Morgan fingerprint density at radius 2 is 1.35 bits per heavy atom. The van der Waals surface area contributed by atoms with Crippen molar-refractivity contribution >= 4 is 17.6 Å². The molecule has 0 spiro atoms. The van der Waals surface area contributed by atoms with Crippen LogP contribution in [0.3, 0.4) is 0 Å². The summed E-state index contributed by atoms with van der Waals surface area (Å²) in [6.07, 6.45) is 0.689. The molecular weight excluding hydrogens is 452 g/mol. The highest BCUT2D eigenvalue weighted by molar-refractivity contribution is 6.30. The van der Waals surface area contributed by atoms with Gasteiger partial charge in [0.05, 0.1) is 19.2 Å². The molecule has 0 saturated carbocycles. The van der Waals surface area contributed by atoms with Crippen LogP contribution >= 0.6 is 11.6 Å². The van der Waals surface area contributed by atoms with Crippen molar-refractivity contribution in [1.82, 2.24) is 0 Å². The summed E-state index contributed by atoms with van der Waals surface area (Å²) in [6, 6.07) is 21.5. The zero-order chi connectivity index (χ0) is 24.8. The number of halogens is 1. The molecule has 0 aliphatic carbocycles. The third-order valence-corrected chi connectivity index (χ3v) is 5.71. The Kier molecular flexibility index (Phi) is 8.11. The number of carboxylic acid groups (broad SMARTS) is 1.